The lowest BCUT2D eigenvalue weighted by molar-refractivity contribution is -0.131. The Morgan fingerprint density at radius 2 is 1.61 bits per heavy atom. The summed E-state index contributed by atoms with van der Waals surface area (Å²) in [4.78, 5) is 31.1. The summed E-state index contributed by atoms with van der Waals surface area (Å²) in [6.07, 6.45) is 12.3. The average molecular weight is 395 g/mol. The van der Waals surface area contributed by atoms with E-state index < -0.39 is 5.54 Å². The summed E-state index contributed by atoms with van der Waals surface area (Å²) in [6.45, 7) is 7.75. The summed E-state index contributed by atoms with van der Waals surface area (Å²) in [5.74, 6) is 0.633. The van der Waals surface area contributed by atoms with Crippen LogP contribution in [0.1, 0.15) is 104 Å². The third-order valence-electron chi connectivity index (χ3n) is 5.52. The van der Waals surface area contributed by atoms with Crippen LogP contribution in [-0.4, -0.2) is 41.3 Å². The van der Waals surface area contributed by atoms with Crippen LogP contribution in [0.3, 0.4) is 0 Å². The van der Waals surface area contributed by atoms with E-state index in [9.17, 15) is 9.59 Å². The number of carbonyl (C=O) groups excluding carboxylic acids is 2. The first-order chi connectivity index (χ1) is 13.5. The molecule has 1 aliphatic heterocycles. The quantitative estimate of drug-likeness (QED) is 0.386. The van der Waals surface area contributed by atoms with Gasteiger partial charge in [0.15, 0.2) is 5.96 Å². The highest BCUT2D eigenvalue weighted by Gasteiger charge is 2.46. The highest BCUT2D eigenvalue weighted by atomic mass is 16.2. The van der Waals surface area contributed by atoms with Gasteiger partial charge in [-0.1, -0.05) is 59.3 Å². The van der Waals surface area contributed by atoms with E-state index in [0.717, 1.165) is 77.0 Å². The maximum absolute atomic E-state index is 13.1. The van der Waals surface area contributed by atoms with E-state index >= 15 is 0 Å². The molecule has 0 aromatic carbocycles. The Morgan fingerprint density at radius 3 is 2.21 bits per heavy atom. The van der Waals surface area contributed by atoms with Gasteiger partial charge in [0.25, 0.3) is 5.91 Å². The summed E-state index contributed by atoms with van der Waals surface area (Å²) in [5, 5.41) is 2.98. The molecule has 6 nitrogen and oxygen atoms in total. The molecule has 0 bridgehead atoms. The molecule has 0 atom stereocenters. The second-order valence-corrected chi connectivity index (χ2v) is 8.03. The van der Waals surface area contributed by atoms with Crippen LogP contribution in [0.4, 0.5) is 0 Å². The summed E-state index contributed by atoms with van der Waals surface area (Å²) in [5.41, 5.74) is 5.50. The topological polar surface area (TPSA) is 87.8 Å². The maximum Gasteiger partial charge on any atom is 0.257 e. The second kappa shape index (κ2) is 13.6. The van der Waals surface area contributed by atoms with Gasteiger partial charge >= 0.3 is 0 Å². The van der Waals surface area contributed by atoms with Gasteiger partial charge in [0.2, 0.25) is 5.91 Å². The van der Waals surface area contributed by atoms with Gasteiger partial charge < -0.3 is 11.1 Å². The fourth-order valence-electron chi connectivity index (χ4n) is 3.71. The maximum atomic E-state index is 13.1. The van der Waals surface area contributed by atoms with Crippen LogP contribution in [0.25, 0.3) is 0 Å². The van der Waals surface area contributed by atoms with Crippen molar-refractivity contribution in [1.29, 1.82) is 0 Å². The SMILES string of the molecule is CCCCCC(=O)NCCCCCN1C(=O)C(CCCC)(CCCC)N=C1N. The van der Waals surface area contributed by atoms with Gasteiger partial charge in [-0.05, 0) is 38.5 Å². The van der Waals surface area contributed by atoms with E-state index in [0.29, 0.717) is 25.5 Å². The fourth-order valence-corrected chi connectivity index (χ4v) is 3.71. The zero-order valence-corrected chi connectivity index (χ0v) is 18.4. The van der Waals surface area contributed by atoms with Gasteiger partial charge in [0.1, 0.15) is 5.54 Å². The number of nitrogens with zero attached hydrogens (tertiary/aromatic N) is 2. The first kappa shape index (κ1) is 24.4. The normalized spacial score (nSPS) is 15.8. The lowest BCUT2D eigenvalue weighted by atomic mass is 9.87. The third kappa shape index (κ3) is 7.80. The predicted molar refractivity (Wildman–Crippen MR) is 116 cm³/mol. The molecule has 0 aromatic rings. The van der Waals surface area contributed by atoms with Crippen molar-refractivity contribution in [2.75, 3.05) is 13.1 Å². The first-order valence-corrected chi connectivity index (χ1v) is 11.4. The smallest absolute Gasteiger partial charge is 0.257 e. The fraction of sp³-hybridized carbons (Fsp3) is 0.864. The van der Waals surface area contributed by atoms with Gasteiger partial charge in [-0.25, -0.2) is 4.99 Å². The van der Waals surface area contributed by atoms with Crippen LogP contribution in [0.5, 0.6) is 0 Å². The van der Waals surface area contributed by atoms with E-state index in [4.69, 9.17) is 5.73 Å². The number of hydrogen-bond donors (Lipinski definition) is 2. The van der Waals surface area contributed by atoms with Crippen molar-refractivity contribution in [3.05, 3.63) is 0 Å². The number of rotatable bonds is 16. The summed E-state index contributed by atoms with van der Waals surface area (Å²) < 4.78 is 0. The molecule has 3 N–H and O–H groups in total. The molecular formula is C22H42N4O2. The van der Waals surface area contributed by atoms with Crippen LogP contribution in [0.15, 0.2) is 4.99 Å². The van der Waals surface area contributed by atoms with Crippen molar-refractivity contribution in [3.8, 4) is 0 Å². The first-order valence-electron chi connectivity index (χ1n) is 11.4. The van der Waals surface area contributed by atoms with Gasteiger partial charge in [0.05, 0.1) is 0 Å². The second-order valence-electron chi connectivity index (χ2n) is 8.03. The third-order valence-corrected chi connectivity index (χ3v) is 5.52. The predicted octanol–water partition coefficient (Wildman–Crippen LogP) is 4.13. The van der Waals surface area contributed by atoms with Gasteiger partial charge in [-0.2, -0.15) is 0 Å². The van der Waals surface area contributed by atoms with E-state index in [2.05, 4.69) is 31.1 Å². The average Bonchev–Trinajstić information content (AvgIpc) is 2.91. The number of carbonyl (C=O) groups is 2. The molecular weight excluding hydrogens is 352 g/mol. The number of unbranched alkanes of at least 4 members (excludes halogenated alkanes) is 6. The molecule has 6 heteroatoms. The number of guanidine groups is 1. The van der Waals surface area contributed by atoms with Crippen LogP contribution in [-0.2, 0) is 9.59 Å². The lowest BCUT2D eigenvalue weighted by Gasteiger charge is -2.26. The summed E-state index contributed by atoms with van der Waals surface area (Å²) in [7, 11) is 0. The molecule has 0 radical (unpaired) electrons. The Balaban J connectivity index is 2.35. The lowest BCUT2D eigenvalue weighted by Crippen LogP contribution is -2.44. The molecule has 0 spiro atoms. The molecule has 2 amide bonds. The van der Waals surface area contributed by atoms with E-state index in [1.165, 1.54) is 0 Å². The van der Waals surface area contributed by atoms with E-state index in [-0.39, 0.29) is 11.8 Å². The van der Waals surface area contributed by atoms with E-state index in [1.807, 2.05) is 0 Å². The molecule has 1 heterocycles. The zero-order valence-electron chi connectivity index (χ0n) is 18.4. The molecule has 0 saturated heterocycles. The van der Waals surface area contributed by atoms with Crippen LogP contribution >= 0.6 is 0 Å². The van der Waals surface area contributed by atoms with Crippen molar-refractivity contribution in [2.24, 2.45) is 10.7 Å². The molecule has 1 aliphatic rings. The zero-order chi connectivity index (χ0) is 20.8. The van der Waals surface area contributed by atoms with Crippen LogP contribution in [0.2, 0.25) is 0 Å². The highest BCUT2D eigenvalue weighted by molar-refractivity contribution is 6.06. The van der Waals surface area contributed by atoms with E-state index in [1.54, 1.807) is 4.90 Å². The van der Waals surface area contributed by atoms with Gasteiger partial charge in [-0.3, -0.25) is 14.5 Å². The number of amides is 2. The number of aliphatic imine (C=N–C) groups is 1. The van der Waals surface area contributed by atoms with Crippen molar-refractivity contribution in [1.82, 2.24) is 10.2 Å². The Labute approximate surface area is 171 Å². The highest BCUT2D eigenvalue weighted by Crippen LogP contribution is 2.33. The summed E-state index contributed by atoms with van der Waals surface area (Å²) in [6, 6.07) is 0. The van der Waals surface area contributed by atoms with Crippen LogP contribution in [0, 0.1) is 0 Å². The molecule has 0 fully saturated rings. The largest absolute Gasteiger partial charge is 0.369 e. The molecule has 0 aromatic heterocycles. The van der Waals surface area contributed by atoms with Crippen molar-refractivity contribution in [3.63, 3.8) is 0 Å². The van der Waals surface area contributed by atoms with Crippen LogP contribution < -0.4 is 11.1 Å². The van der Waals surface area contributed by atoms with Crippen molar-refractivity contribution in [2.45, 2.75) is 110 Å². The Hall–Kier alpha value is -1.59. The molecule has 0 unspecified atom stereocenters. The standard InChI is InChI=1S/C22H42N4O2/c1-4-7-11-14-19(27)24-17-12-10-13-18-26-20(28)22(15-8-5-2,16-9-6-3)25-21(26)23/h4-18H2,1-3H3,(H2,23,25)(H,24,27). The Kier molecular flexibility index (Phi) is 11.8. The number of nitrogens with one attached hydrogen (secondary N) is 1. The minimum atomic E-state index is -0.622. The van der Waals surface area contributed by atoms with Crippen molar-refractivity contribution < 1.29 is 9.59 Å². The molecule has 28 heavy (non-hydrogen) atoms. The summed E-state index contributed by atoms with van der Waals surface area (Å²) >= 11 is 0. The number of hydrogen-bond acceptors (Lipinski definition) is 4. The molecule has 0 aliphatic carbocycles. The molecule has 162 valence electrons. The Bertz CT molecular complexity index is 497. The minimum absolute atomic E-state index is 0.0936. The number of nitrogens with two attached hydrogens (primary N) is 1. The Morgan fingerprint density at radius 1 is 0.964 bits per heavy atom. The van der Waals surface area contributed by atoms with Gasteiger partial charge in [0, 0.05) is 19.5 Å². The molecule has 0 saturated carbocycles. The van der Waals surface area contributed by atoms with Gasteiger partial charge in [-0.15, -0.1) is 0 Å². The minimum Gasteiger partial charge on any atom is -0.369 e. The monoisotopic (exact) mass is 394 g/mol. The molecule has 1 rings (SSSR count). The van der Waals surface area contributed by atoms with Crippen molar-refractivity contribution >= 4 is 17.8 Å².